The molecule has 1 N–H and O–H groups in total. The molecule has 0 saturated heterocycles. The number of nitrogens with one attached hydrogen (secondary N) is 1. The third-order valence-electron chi connectivity index (χ3n) is 3.37. The first-order chi connectivity index (χ1) is 9.52. The molecule has 0 fully saturated rings. The first kappa shape index (κ1) is 14.3. The van der Waals surface area contributed by atoms with Gasteiger partial charge in [0.15, 0.2) is 0 Å². The molecule has 0 aliphatic rings. The summed E-state index contributed by atoms with van der Waals surface area (Å²) in [5, 5.41) is 11.5. The number of carbonyl (C=O) groups excluding carboxylic acids is 1. The lowest BCUT2D eigenvalue weighted by atomic mass is 10.2. The van der Waals surface area contributed by atoms with E-state index in [0.29, 0.717) is 0 Å². The predicted molar refractivity (Wildman–Crippen MR) is 76.1 cm³/mol. The molecule has 2 aromatic rings. The third kappa shape index (κ3) is 2.89. The minimum absolute atomic E-state index is 0.0514. The molecule has 2 aromatic heterocycles. The van der Waals surface area contributed by atoms with Crippen LogP contribution in [-0.2, 0) is 11.3 Å². The number of aryl methyl sites for hydroxylation is 2. The molecular formula is C14H21N5O. The van der Waals surface area contributed by atoms with E-state index >= 15 is 0 Å². The summed E-state index contributed by atoms with van der Waals surface area (Å²) in [7, 11) is 0. The second kappa shape index (κ2) is 5.90. The Morgan fingerprint density at radius 3 is 2.75 bits per heavy atom. The van der Waals surface area contributed by atoms with Crippen LogP contribution < -0.4 is 5.32 Å². The summed E-state index contributed by atoms with van der Waals surface area (Å²) in [5.41, 5.74) is 1.91. The molecule has 6 heteroatoms. The SMILES string of the molecule is CCn1nccc1C(C)NC(=O)C(C)n1ccc(C)n1. The van der Waals surface area contributed by atoms with Crippen molar-refractivity contribution in [3.63, 3.8) is 0 Å². The lowest BCUT2D eigenvalue weighted by Crippen LogP contribution is -2.34. The molecule has 0 aliphatic heterocycles. The van der Waals surface area contributed by atoms with E-state index in [2.05, 4.69) is 15.5 Å². The number of nitrogens with zero attached hydrogens (tertiary/aromatic N) is 4. The van der Waals surface area contributed by atoms with E-state index in [9.17, 15) is 4.79 Å². The molecule has 0 bridgehead atoms. The van der Waals surface area contributed by atoms with Gasteiger partial charge in [-0.05, 0) is 39.8 Å². The monoisotopic (exact) mass is 275 g/mol. The molecule has 2 heterocycles. The average molecular weight is 275 g/mol. The highest BCUT2D eigenvalue weighted by Crippen LogP contribution is 2.14. The van der Waals surface area contributed by atoms with Gasteiger partial charge in [0, 0.05) is 18.9 Å². The molecule has 2 unspecified atom stereocenters. The second-order valence-corrected chi connectivity index (χ2v) is 4.92. The highest BCUT2D eigenvalue weighted by Gasteiger charge is 2.19. The Morgan fingerprint density at radius 1 is 1.40 bits per heavy atom. The summed E-state index contributed by atoms with van der Waals surface area (Å²) < 4.78 is 3.56. The molecule has 20 heavy (non-hydrogen) atoms. The van der Waals surface area contributed by atoms with Crippen molar-refractivity contribution in [2.75, 3.05) is 0 Å². The van der Waals surface area contributed by atoms with E-state index in [1.54, 1.807) is 10.9 Å². The highest BCUT2D eigenvalue weighted by atomic mass is 16.2. The van der Waals surface area contributed by atoms with E-state index in [-0.39, 0.29) is 18.0 Å². The van der Waals surface area contributed by atoms with Crippen LogP contribution in [0.15, 0.2) is 24.5 Å². The number of rotatable bonds is 5. The zero-order valence-electron chi connectivity index (χ0n) is 12.4. The average Bonchev–Trinajstić information content (AvgIpc) is 3.05. The van der Waals surface area contributed by atoms with Crippen molar-refractivity contribution in [2.24, 2.45) is 0 Å². The largest absolute Gasteiger partial charge is 0.346 e. The van der Waals surface area contributed by atoms with E-state index in [4.69, 9.17) is 0 Å². The lowest BCUT2D eigenvalue weighted by Gasteiger charge is -2.18. The summed E-state index contributed by atoms with van der Waals surface area (Å²) in [6.07, 6.45) is 3.57. The summed E-state index contributed by atoms with van der Waals surface area (Å²) in [5.74, 6) is -0.0514. The Hall–Kier alpha value is -2.11. The molecule has 108 valence electrons. The van der Waals surface area contributed by atoms with Crippen molar-refractivity contribution in [2.45, 2.75) is 46.3 Å². The number of hydrogen-bond acceptors (Lipinski definition) is 3. The fourth-order valence-corrected chi connectivity index (χ4v) is 2.15. The molecule has 2 rings (SSSR count). The first-order valence-electron chi connectivity index (χ1n) is 6.86. The van der Waals surface area contributed by atoms with Crippen LogP contribution in [-0.4, -0.2) is 25.5 Å². The van der Waals surface area contributed by atoms with Crippen LogP contribution in [0.2, 0.25) is 0 Å². The van der Waals surface area contributed by atoms with Crippen LogP contribution in [0, 0.1) is 6.92 Å². The summed E-state index contributed by atoms with van der Waals surface area (Å²) >= 11 is 0. The minimum atomic E-state index is -0.329. The van der Waals surface area contributed by atoms with Gasteiger partial charge in [0.2, 0.25) is 5.91 Å². The number of hydrogen-bond donors (Lipinski definition) is 1. The molecule has 0 aromatic carbocycles. The molecule has 6 nitrogen and oxygen atoms in total. The van der Waals surface area contributed by atoms with Crippen LogP contribution in [0.1, 0.15) is 44.2 Å². The second-order valence-electron chi connectivity index (χ2n) is 4.92. The van der Waals surface area contributed by atoms with Gasteiger partial charge in [-0.2, -0.15) is 10.2 Å². The quantitative estimate of drug-likeness (QED) is 0.905. The molecule has 0 spiro atoms. The topological polar surface area (TPSA) is 64.7 Å². The predicted octanol–water partition coefficient (Wildman–Crippen LogP) is 1.85. The lowest BCUT2D eigenvalue weighted by molar-refractivity contribution is -0.124. The molecule has 0 saturated carbocycles. The van der Waals surface area contributed by atoms with Gasteiger partial charge < -0.3 is 5.32 Å². The minimum Gasteiger partial charge on any atom is -0.346 e. The molecular weight excluding hydrogens is 254 g/mol. The maximum Gasteiger partial charge on any atom is 0.245 e. The zero-order chi connectivity index (χ0) is 14.7. The van der Waals surface area contributed by atoms with Crippen LogP contribution in [0.25, 0.3) is 0 Å². The Bertz CT molecular complexity index is 586. The molecule has 1 amide bonds. The smallest absolute Gasteiger partial charge is 0.245 e. The van der Waals surface area contributed by atoms with Gasteiger partial charge in [-0.15, -0.1) is 0 Å². The van der Waals surface area contributed by atoms with Crippen LogP contribution in [0.3, 0.4) is 0 Å². The van der Waals surface area contributed by atoms with Crippen LogP contribution >= 0.6 is 0 Å². The van der Waals surface area contributed by atoms with Gasteiger partial charge in [-0.1, -0.05) is 0 Å². The number of carbonyl (C=O) groups is 1. The van der Waals surface area contributed by atoms with Crippen LogP contribution in [0.4, 0.5) is 0 Å². The van der Waals surface area contributed by atoms with Crippen molar-refractivity contribution in [3.8, 4) is 0 Å². The summed E-state index contributed by atoms with van der Waals surface area (Å²) in [4.78, 5) is 12.3. The maximum atomic E-state index is 12.3. The van der Waals surface area contributed by atoms with Crippen molar-refractivity contribution < 1.29 is 4.79 Å². The Labute approximate surface area is 118 Å². The molecule has 0 radical (unpaired) electrons. The zero-order valence-corrected chi connectivity index (χ0v) is 12.4. The van der Waals surface area contributed by atoms with E-state index in [0.717, 1.165) is 17.9 Å². The Kier molecular flexibility index (Phi) is 4.22. The van der Waals surface area contributed by atoms with Crippen LogP contribution in [0.5, 0.6) is 0 Å². The fraction of sp³-hybridized carbons (Fsp3) is 0.500. The summed E-state index contributed by atoms with van der Waals surface area (Å²) in [6.45, 7) is 8.52. The van der Waals surface area contributed by atoms with Gasteiger partial charge in [0.25, 0.3) is 0 Å². The van der Waals surface area contributed by atoms with Gasteiger partial charge in [-0.25, -0.2) is 0 Å². The van der Waals surface area contributed by atoms with Gasteiger partial charge in [0.05, 0.1) is 17.4 Å². The van der Waals surface area contributed by atoms with Crippen molar-refractivity contribution in [1.29, 1.82) is 0 Å². The Morgan fingerprint density at radius 2 is 2.15 bits per heavy atom. The van der Waals surface area contributed by atoms with Crippen molar-refractivity contribution in [3.05, 3.63) is 35.9 Å². The normalized spacial score (nSPS) is 14.0. The van der Waals surface area contributed by atoms with E-state index in [1.807, 2.05) is 50.7 Å². The Balaban J connectivity index is 2.04. The third-order valence-corrected chi connectivity index (χ3v) is 3.37. The van der Waals surface area contributed by atoms with Gasteiger partial charge >= 0.3 is 0 Å². The molecule has 2 atom stereocenters. The highest BCUT2D eigenvalue weighted by molar-refractivity contribution is 5.80. The van der Waals surface area contributed by atoms with Crippen molar-refractivity contribution >= 4 is 5.91 Å². The van der Waals surface area contributed by atoms with E-state index in [1.165, 1.54) is 0 Å². The summed E-state index contributed by atoms with van der Waals surface area (Å²) in [6, 6.07) is 3.41. The van der Waals surface area contributed by atoms with Gasteiger partial charge in [-0.3, -0.25) is 14.2 Å². The van der Waals surface area contributed by atoms with E-state index < -0.39 is 0 Å². The molecule has 0 aliphatic carbocycles. The van der Waals surface area contributed by atoms with Gasteiger partial charge in [0.1, 0.15) is 6.04 Å². The number of aromatic nitrogens is 4. The van der Waals surface area contributed by atoms with Crippen molar-refractivity contribution in [1.82, 2.24) is 24.9 Å². The standard InChI is InChI=1S/C14H21N5O/c1-5-18-13(6-8-15-18)11(3)16-14(20)12(4)19-9-7-10(2)17-19/h6-9,11-12H,5H2,1-4H3,(H,16,20). The first-order valence-corrected chi connectivity index (χ1v) is 6.86. The number of amides is 1. The maximum absolute atomic E-state index is 12.3. The fourth-order valence-electron chi connectivity index (χ4n) is 2.15.